The summed E-state index contributed by atoms with van der Waals surface area (Å²) in [7, 11) is 0. The van der Waals surface area contributed by atoms with Gasteiger partial charge in [0.05, 0.1) is 24.8 Å². The van der Waals surface area contributed by atoms with Gasteiger partial charge in [-0.1, -0.05) is 0 Å². The molecular weight excluding hydrogens is 362 g/mol. The van der Waals surface area contributed by atoms with Gasteiger partial charge in [0.25, 0.3) is 0 Å². The second kappa shape index (κ2) is 8.53. The van der Waals surface area contributed by atoms with Crippen LogP contribution in [0.4, 0.5) is 11.6 Å². The topological polar surface area (TPSA) is 106 Å². The summed E-state index contributed by atoms with van der Waals surface area (Å²) in [4.78, 5) is 23.2. The summed E-state index contributed by atoms with van der Waals surface area (Å²) in [6.07, 6.45) is 5.79. The molecule has 1 saturated heterocycles. The van der Waals surface area contributed by atoms with Crippen LogP contribution < -0.4 is 10.6 Å². The lowest BCUT2D eigenvalue weighted by molar-refractivity contribution is 0.0985. The largest absolute Gasteiger partial charge is 0.384 e. The number of nitrogens with one attached hydrogen (secondary N) is 1. The number of morpholine rings is 1. The van der Waals surface area contributed by atoms with Crippen molar-refractivity contribution >= 4 is 34.6 Å². The SMILES string of the molecule is CSC.Cc1nc2nccc(-c3nc(N)cc(N4CCOCC4C)n3)c2[nH]1. The Balaban J connectivity index is 0.000000659. The monoisotopic (exact) mass is 387 g/mol. The molecule has 1 aliphatic heterocycles. The molecule has 4 heterocycles. The molecule has 1 fully saturated rings. The third kappa shape index (κ3) is 4.30. The Labute approximate surface area is 163 Å². The van der Waals surface area contributed by atoms with E-state index in [9.17, 15) is 0 Å². The molecule has 27 heavy (non-hydrogen) atoms. The maximum Gasteiger partial charge on any atom is 0.178 e. The highest BCUT2D eigenvalue weighted by Crippen LogP contribution is 2.27. The number of fused-ring (bicyclic) bond motifs is 1. The van der Waals surface area contributed by atoms with Crippen molar-refractivity contribution in [2.24, 2.45) is 0 Å². The lowest BCUT2D eigenvalue weighted by Gasteiger charge is -2.34. The van der Waals surface area contributed by atoms with Crippen LogP contribution in [0.1, 0.15) is 12.7 Å². The number of ether oxygens (including phenoxy) is 1. The lowest BCUT2D eigenvalue weighted by atomic mass is 10.2. The van der Waals surface area contributed by atoms with Crippen LogP contribution in [-0.4, -0.2) is 63.2 Å². The number of nitrogen functional groups attached to an aromatic ring is 1. The highest BCUT2D eigenvalue weighted by Gasteiger charge is 2.22. The highest BCUT2D eigenvalue weighted by molar-refractivity contribution is 7.97. The van der Waals surface area contributed by atoms with Crippen molar-refractivity contribution in [3.63, 3.8) is 0 Å². The van der Waals surface area contributed by atoms with E-state index >= 15 is 0 Å². The fraction of sp³-hybridized carbons (Fsp3) is 0.444. The molecule has 9 heteroatoms. The van der Waals surface area contributed by atoms with Crippen molar-refractivity contribution in [3.05, 3.63) is 24.2 Å². The Morgan fingerprint density at radius 3 is 2.81 bits per heavy atom. The molecule has 0 amide bonds. The molecule has 0 bridgehead atoms. The molecule has 0 spiro atoms. The minimum Gasteiger partial charge on any atom is -0.384 e. The van der Waals surface area contributed by atoms with E-state index in [-0.39, 0.29) is 6.04 Å². The second-order valence-electron chi connectivity index (χ2n) is 6.38. The number of hydrogen-bond acceptors (Lipinski definition) is 8. The van der Waals surface area contributed by atoms with E-state index in [0.717, 1.165) is 29.3 Å². The van der Waals surface area contributed by atoms with Gasteiger partial charge in [-0.15, -0.1) is 0 Å². The summed E-state index contributed by atoms with van der Waals surface area (Å²) in [5.41, 5.74) is 8.36. The fourth-order valence-corrected chi connectivity index (χ4v) is 3.00. The highest BCUT2D eigenvalue weighted by atomic mass is 32.2. The number of nitrogens with two attached hydrogens (primary N) is 1. The summed E-state index contributed by atoms with van der Waals surface area (Å²) in [5, 5.41) is 0. The molecule has 0 aliphatic carbocycles. The molecule has 1 aliphatic rings. The molecule has 0 radical (unpaired) electrons. The average Bonchev–Trinajstić information content (AvgIpc) is 3.02. The van der Waals surface area contributed by atoms with Gasteiger partial charge in [-0.2, -0.15) is 11.8 Å². The third-order valence-electron chi connectivity index (χ3n) is 4.15. The first kappa shape index (κ1) is 19.4. The number of imidazole rings is 1. The molecule has 8 nitrogen and oxygen atoms in total. The number of aromatic amines is 1. The van der Waals surface area contributed by atoms with Gasteiger partial charge in [0, 0.05) is 24.4 Å². The maximum absolute atomic E-state index is 6.05. The maximum atomic E-state index is 6.05. The Kier molecular flexibility index (Phi) is 6.12. The smallest absolute Gasteiger partial charge is 0.178 e. The van der Waals surface area contributed by atoms with Crippen LogP contribution in [0.25, 0.3) is 22.6 Å². The van der Waals surface area contributed by atoms with Gasteiger partial charge in [-0.05, 0) is 32.4 Å². The van der Waals surface area contributed by atoms with Crippen LogP contribution >= 0.6 is 11.8 Å². The van der Waals surface area contributed by atoms with Gasteiger partial charge >= 0.3 is 0 Å². The molecule has 3 aromatic heterocycles. The Morgan fingerprint density at radius 1 is 1.30 bits per heavy atom. The summed E-state index contributed by atoms with van der Waals surface area (Å²) in [6, 6.07) is 3.93. The predicted molar refractivity (Wildman–Crippen MR) is 111 cm³/mol. The standard InChI is InChI=1S/C16H19N7O.C2H6S/c1-9-8-24-6-5-23(9)13-7-12(17)21-15(22-13)11-3-4-18-16-14(11)19-10(2)20-16;1-3-2/h3-4,7,9H,5-6,8H2,1-2H3,(H2,17,21,22)(H,18,19,20);1-2H3. The van der Waals surface area contributed by atoms with Gasteiger partial charge in [0.15, 0.2) is 11.5 Å². The fourth-order valence-electron chi connectivity index (χ4n) is 3.00. The van der Waals surface area contributed by atoms with Gasteiger partial charge < -0.3 is 20.4 Å². The summed E-state index contributed by atoms with van der Waals surface area (Å²) in [6.45, 7) is 6.15. The average molecular weight is 388 g/mol. The van der Waals surface area contributed by atoms with Crippen LogP contribution in [0.3, 0.4) is 0 Å². The van der Waals surface area contributed by atoms with Crippen molar-refractivity contribution < 1.29 is 4.74 Å². The first-order valence-electron chi connectivity index (χ1n) is 8.74. The van der Waals surface area contributed by atoms with Crippen molar-refractivity contribution in [2.45, 2.75) is 19.9 Å². The third-order valence-corrected chi connectivity index (χ3v) is 4.15. The van der Waals surface area contributed by atoms with Crippen LogP contribution in [0.2, 0.25) is 0 Å². The number of anilines is 2. The molecular formula is C18H25N7OS. The van der Waals surface area contributed by atoms with Crippen molar-refractivity contribution in [2.75, 3.05) is 42.9 Å². The van der Waals surface area contributed by atoms with Crippen LogP contribution in [0.15, 0.2) is 18.3 Å². The summed E-state index contributed by atoms with van der Waals surface area (Å²) < 4.78 is 5.50. The number of hydrogen-bond donors (Lipinski definition) is 2. The minimum atomic E-state index is 0.243. The first-order chi connectivity index (χ1) is 13.0. The number of rotatable bonds is 2. The van der Waals surface area contributed by atoms with Gasteiger partial charge in [-0.25, -0.2) is 19.9 Å². The van der Waals surface area contributed by atoms with Crippen molar-refractivity contribution in [1.82, 2.24) is 24.9 Å². The lowest BCUT2D eigenvalue weighted by Crippen LogP contribution is -2.44. The number of pyridine rings is 1. The van der Waals surface area contributed by atoms with E-state index < -0.39 is 0 Å². The molecule has 0 saturated carbocycles. The van der Waals surface area contributed by atoms with Crippen molar-refractivity contribution in [1.29, 1.82) is 0 Å². The predicted octanol–water partition coefficient (Wildman–Crippen LogP) is 2.51. The van der Waals surface area contributed by atoms with Crippen LogP contribution in [0.5, 0.6) is 0 Å². The zero-order valence-corrected chi connectivity index (χ0v) is 16.9. The molecule has 1 unspecified atom stereocenters. The van der Waals surface area contributed by atoms with Crippen molar-refractivity contribution in [3.8, 4) is 11.4 Å². The zero-order chi connectivity index (χ0) is 19.4. The molecule has 3 aromatic rings. The first-order valence-corrected chi connectivity index (χ1v) is 10.4. The zero-order valence-electron chi connectivity index (χ0n) is 16.1. The summed E-state index contributed by atoms with van der Waals surface area (Å²) >= 11 is 1.75. The van der Waals surface area contributed by atoms with E-state index in [1.807, 2.05) is 31.6 Å². The van der Waals surface area contributed by atoms with E-state index in [4.69, 9.17) is 15.5 Å². The van der Waals surface area contributed by atoms with Crippen LogP contribution in [0, 0.1) is 6.92 Å². The van der Waals surface area contributed by atoms with E-state index in [0.29, 0.717) is 30.5 Å². The number of aromatic nitrogens is 5. The Morgan fingerprint density at radius 2 is 2.07 bits per heavy atom. The number of nitrogens with zero attached hydrogens (tertiary/aromatic N) is 5. The van der Waals surface area contributed by atoms with Gasteiger partial charge in [0.1, 0.15) is 17.5 Å². The number of aryl methyl sites for hydroxylation is 1. The van der Waals surface area contributed by atoms with Gasteiger partial charge in [-0.3, -0.25) is 0 Å². The molecule has 3 N–H and O–H groups in total. The normalized spacial score (nSPS) is 16.9. The van der Waals surface area contributed by atoms with Crippen LogP contribution in [-0.2, 0) is 4.74 Å². The van der Waals surface area contributed by atoms with Gasteiger partial charge in [0.2, 0.25) is 0 Å². The number of thioether (sulfide) groups is 1. The molecule has 4 rings (SSSR count). The second-order valence-corrected chi connectivity index (χ2v) is 7.20. The van der Waals surface area contributed by atoms with E-state index in [2.05, 4.69) is 31.8 Å². The van der Waals surface area contributed by atoms with E-state index in [1.54, 1.807) is 18.0 Å². The molecule has 1 atom stereocenters. The quantitative estimate of drug-likeness (QED) is 0.691. The Bertz CT molecular complexity index is 914. The molecule has 0 aromatic carbocycles. The van der Waals surface area contributed by atoms with E-state index in [1.165, 1.54) is 0 Å². The minimum absolute atomic E-state index is 0.243. The summed E-state index contributed by atoms with van der Waals surface area (Å²) in [5.74, 6) is 2.63. The molecule has 144 valence electrons. The number of H-pyrrole nitrogens is 1. The Hall–Kier alpha value is -2.39.